The summed E-state index contributed by atoms with van der Waals surface area (Å²) in [6, 6.07) is 5.39. The van der Waals surface area contributed by atoms with Gasteiger partial charge >= 0.3 is 0 Å². The molecule has 0 aliphatic heterocycles. The summed E-state index contributed by atoms with van der Waals surface area (Å²) in [4.78, 5) is 12.5. The van der Waals surface area contributed by atoms with Gasteiger partial charge in [-0.15, -0.1) is 0 Å². The van der Waals surface area contributed by atoms with Crippen LogP contribution in [0.1, 0.15) is 51.9 Å². The van der Waals surface area contributed by atoms with E-state index in [2.05, 4.69) is 10.0 Å². The Bertz CT molecular complexity index is 650. The number of hydrogen-bond donors (Lipinski definition) is 2. The first-order valence-corrected chi connectivity index (χ1v) is 10.4. The van der Waals surface area contributed by atoms with Crippen LogP contribution in [0, 0.1) is 0 Å². The highest BCUT2D eigenvalue weighted by molar-refractivity contribution is 7.89. The van der Waals surface area contributed by atoms with Gasteiger partial charge in [-0.05, 0) is 44.0 Å². The molecule has 25 heavy (non-hydrogen) atoms. The fourth-order valence-electron chi connectivity index (χ4n) is 3.04. The quantitative estimate of drug-likeness (QED) is 0.808. The number of sulfonamides is 1. The standard InChI is InChI=1S/C18H28N2O4S/c1-14(18(21)19-15-8-6-4-3-5-7-9-15)20-25(22,23)17-12-10-16(24-2)11-13-17/h10-15,20H,3-9H2,1-2H3,(H,19,21)/t14-/m0/s1. The molecule has 0 bridgehead atoms. The van der Waals surface area contributed by atoms with Crippen molar-refractivity contribution in [3.05, 3.63) is 24.3 Å². The zero-order valence-corrected chi connectivity index (χ0v) is 15.8. The lowest BCUT2D eigenvalue weighted by Gasteiger charge is -2.23. The Kier molecular flexibility index (Phi) is 7.25. The van der Waals surface area contributed by atoms with Gasteiger partial charge < -0.3 is 10.1 Å². The summed E-state index contributed by atoms with van der Waals surface area (Å²) < 4.78 is 32.3. The maximum atomic E-state index is 12.4. The van der Waals surface area contributed by atoms with Crippen molar-refractivity contribution in [1.82, 2.24) is 10.0 Å². The Labute approximate surface area is 150 Å². The van der Waals surface area contributed by atoms with Gasteiger partial charge in [-0.25, -0.2) is 8.42 Å². The Morgan fingerprint density at radius 3 is 2.20 bits per heavy atom. The molecule has 1 aromatic carbocycles. The van der Waals surface area contributed by atoms with E-state index in [0.717, 1.165) is 25.7 Å². The topological polar surface area (TPSA) is 84.5 Å². The summed E-state index contributed by atoms with van der Waals surface area (Å²) in [6.07, 6.45) is 7.80. The number of benzene rings is 1. The summed E-state index contributed by atoms with van der Waals surface area (Å²) in [5.74, 6) is 0.302. The van der Waals surface area contributed by atoms with Crippen LogP contribution in [-0.2, 0) is 14.8 Å². The molecule has 1 amide bonds. The number of nitrogens with one attached hydrogen (secondary N) is 2. The predicted molar refractivity (Wildman–Crippen MR) is 97.0 cm³/mol. The van der Waals surface area contributed by atoms with Crippen molar-refractivity contribution in [2.75, 3.05) is 7.11 Å². The number of hydrogen-bond acceptors (Lipinski definition) is 4. The minimum absolute atomic E-state index is 0.110. The lowest BCUT2D eigenvalue weighted by atomic mass is 9.96. The summed E-state index contributed by atoms with van der Waals surface area (Å²) in [5, 5.41) is 2.99. The summed E-state index contributed by atoms with van der Waals surface area (Å²) in [7, 11) is -2.23. The van der Waals surface area contributed by atoms with E-state index in [-0.39, 0.29) is 16.8 Å². The third-order valence-electron chi connectivity index (χ3n) is 4.55. The van der Waals surface area contributed by atoms with Crippen molar-refractivity contribution >= 4 is 15.9 Å². The smallest absolute Gasteiger partial charge is 0.241 e. The van der Waals surface area contributed by atoms with E-state index < -0.39 is 16.1 Å². The number of rotatable bonds is 6. The van der Waals surface area contributed by atoms with Gasteiger partial charge in [-0.3, -0.25) is 4.79 Å². The lowest BCUT2D eigenvalue weighted by Crippen LogP contribution is -2.48. The van der Waals surface area contributed by atoms with E-state index in [1.165, 1.54) is 38.5 Å². The van der Waals surface area contributed by atoms with E-state index in [1.54, 1.807) is 19.1 Å². The van der Waals surface area contributed by atoms with E-state index in [9.17, 15) is 13.2 Å². The molecule has 140 valence electrons. The Hall–Kier alpha value is -1.60. The minimum Gasteiger partial charge on any atom is -0.497 e. The molecular weight excluding hydrogens is 340 g/mol. The second-order valence-electron chi connectivity index (χ2n) is 6.57. The first kappa shape index (κ1) is 19.7. The van der Waals surface area contributed by atoms with Gasteiger partial charge in [0.15, 0.2) is 0 Å². The van der Waals surface area contributed by atoms with E-state index >= 15 is 0 Å². The normalized spacial score (nSPS) is 18.0. The van der Waals surface area contributed by atoms with Gasteiger partial charge in [0, 0.05) is 6.04 Å². The van der Waals surface area contributed by atoms with E-state index in [4.69, 9.17) is 4.74 Å². The van der Waals surface area contributed by atoms with E-state index in [0.29, 0.717) is 5.75 Å². The molecule has 1 aromatic rings. The molecule has 0 radical (unpaired) electrons. The summed E-state index contributed by atoms with van der Waals surface area (Å²) in [5.41, 5.74) is 0. The molecule has 1 aliphatic rings. The van der Waals surface area contributed by atoms with Crippen LogP contribution in [0.5, 0.6) is 5.75 Å². The number of carbonyl (C=O) groups excluding carboxylic acids is 1. The molecule has 0 saturated heterocycles. The first-order valence-electron chi connectivity index (χ1n) is 8.89. The molecule has 1 fully saturated rings. The number of carbonyl (C=O) groups is 1. The van der Waals surface area contributed by atoms with Gasteiger partial charge in [0.25, 0.3) is 0 Å². The molecule has 0 aromatic heterocycles. The fourth-order valence-corrected chi connectivity index (χ4v) is 4.24. The molecule has 0 spiro atoms. The van der Waals surface area contributed by atoms with Gasteiger partial charge in [-0.2, -0.15) is 4.72 Å². The number of ether oxygens (including phenoxy) is 1. The molecule has 1 aliphatic carbocycles. The molecule has 6 nitrogen and oxygen atoms in total. The Morgan fingerprint density at radius 2 is 1.64 bits per heavy atom. The highest BCUT2D eigenvalue weighted by Gasteiger charge is 2.24. The van der Waals surface area contributed by atoms with Crippen LogP contribution in [0.4, 0.5) is 0 Å². The molecule has 2 rings (SSSR count). The van der Waals surface area contributed by atoms with Gasteiger partial charge in [0.2, 0.25) is 15.9 Å². The highest BCUT2D eigenvalue weighted by atomic mass is 32.2. The van der Waals surface area contributed by atoms with Crippen molar-refractivity contribution < 1.29 is 17.9 Å². The monoisotopic (exact) mass is 368 g/mol. The Balaban J connectivity index is 1.94. The number of amides is 1. The van der Waals surface area contributed by atoms with Crippen molar-refractivity contribution in [1.29, 1.82) is 0 Å². The largest absolute Gasteiger partial charge is 0.497 e. The van der Waals surface area contributed by atoms with Crippen molar-refractivity contribution in [2.24, 2.45) is 0 Å². The molecule has 0 heterocycles. The van der Waals surface area contributed by atoms with Crippen LogP contribution >= 0.6 is 0 Å². The molecule has 1 saturated carbocycles. The first-order chi connectivity index (χ1) is 11.9. The highest BCUT2D eigenvalue weighted by Crippen LogP contribution is 2.18. The molecule has 0 unspecified atom stereocenters. The van der Waals surface area contributed by atoms with Crippen LogP contribution in [-0.4, -0.2) is 33.5 Å². The van der Waals surface area contributed by atoms with Crippen LogP contribution in [0.2, 0.25) is 0 Å². The molecule has 2 N–H and O–H groups in total. The third kappa shape index (κ3) is 6.01. The lowest BCUT2D eigenvalue weighted by molar-refractivity contribution is -0.123. The van der Waals surface area contributed by atoms with Crippen molar-refractivity contribution in [3.63, 3.8) is 0 Å². The van der Waals surface area contributed by atoms with Crippen LogP contribution in [0.3, 0.4) is 0 Å². The van der Waals surface area contributed by atoms with Crippen molar-refractivity contribution in [2.45, 2.75) is 68.8 Å². The summed E-state index contributed by atoms with van der Waals surface area (Å²) in [6.45, 7) is 1.57. The van der Waals surface area contributed by atoms with Gasteiger partial charge in [0.05, 0.1) is 18.0 Å². The molecular formula is C18H28N2O4S. The molecule has 7 heteroatoms. The minimum atomic E-state index is -3.75. The third-order valence-corrected chi connectivity index (χ3v) is 6.10. The second-order valence-corrected chi connectivity index (χ2v) is 8.28. The number of methoxy groups -OCH3 is 1. The zero-order chi connectivity index (χ0) is 18.3. The summed E-state index contributed by atoms with van der Waals surface area (Å²) >= 11 is 0. The van der Waals surface area contributed by atoms with Crippen LogP contribution in [0.15, 0.2) is 29.2 Å². The zero-order valence-electron chi connectivity index (χ0n) is 15.0. The Morgan fingerprint density at radius 1 is 1.08 bits per heavy atom. The van der Waals surface area contributed by atoms with Gasteiger partial charge in [0.1, 0.15) is 5.75 Å². The second kappa shape index (κ2) is 9.20. The SMILES string of the molecule is COc1ccc(S(=O)(=O)N[C@@H](C)C(=O)NC2CCCCCCC2)cc1. The average Bonchev–Trinajstić information content (AvgIpc) is 2.56. The van der Waals surface area contributed by atoms with E-state index in [1.807, 2.05) is 0 Å². The molecule has 1 atom stereocenters. The van der Waals surface area contributed by atoms with Crippen molar-refractivity contribution in [3.8, 4) is 5.75 Å². The van der Waals surface area contributed by atoms with Crippen LogP contribution < -0.4 is 14.8 Å². The van der Waals surface area contributed by atoms with Crippen LogP contribution in [0.25, 0.3) is 0 Å². The maximum absolute atomic E-state index is 12.4. The predicted octanol–water partition coefficient (Wildman–Crippen LogP) is 2.59. The maximum Gasteiger partial charge on any atom is 0.241 e. The fraction of sp³-hybridized carbons (Fsp3) is 0.611. The average molecular weight is 368 g/mol. The van der Waals surface area contributed by atoms with Gasteiger partial charge in [-0.1, -0.05) is 32.1 Å².